The maximum atomic E-state index is 5.80. The minimum atomic E-state index is 0.488. The second-order valence-electron chi connectivity index (χ2n) is 2.78. The van der Waals surface area contributed by atoms with Gasteiger partial charge in [0.2, 0.25) is 0 Å². The predicted octanol–water partition coefficient (Wildman–Crippen LogP) is 1.75. The number of rotatable bonds is 0. The summed E-state index contributed by atoms with van der Waals surface area (Å²) in [6.07, 6.45) is 1.85. The van der Waals surface area contributed by atoms with Crippen LogP contribution in [0.5, 0.6) is 0 Å². The van der Waals surface area contributed by atoms with Gasteiger partial charge < -0.3 is 0 Å². The average Bonchev–Trinajstić information content (AvgIpc) is 1.81. The number of quaternary nitrogens is 1. The lowest BCUT2D eigenvalue weighted by Gasteiger charge is -2.27. The molecular weight excluding hydrogens is 171 g/mol. The minimum Gasteiger partial charge on any atom is -0.265 e. The van der Waals surface area contributed by atoms with E-state index in [2.05, 4.69) is 4.99 Å². The number of amidine groups is 1. The number of hydrogen-bond donors (Lipinski definition) is 0. The van der Waals surface area contributed by atoms with E-state index in [0.29, 0.717) is 14.9 Å². The Morgan fingerprint density at radius 3 is 2.50 bits per heavy atom. The van der Waals surface area contributed by atoms with Gasteiger partial charge in [0.1, 0.15) is 11.7 Å². The zero-order valence-corrected chi connectivity index (χ0v) is 7.45. The van der Waals surface area contributed by atoms with Crippen LogP contribution in [0, 0.1) is 0 Å². The molecule has 1 rings (SSSR count). The van der Waals surface area contributed by atoms with E-state index in [-0.39, 0.29) is 0 Å². The van der Waals surface area contributed by atoms with Gasteiger partial charge in [-0.05, 0) is 0 Å². The van der Waals surface area contributed by atoms with Crippen molar-refractivity contribution in [3.05, 3.63) is 11.2 Å². The Labute approximate surface area is 70.3 Å². The largest absolute Gasteiger partial charge is 0.301 e. The van der Waals surface area contributed by atoms with E-state index < -0.39 is 0 Å². The van der Waals surface area contributed by atoms with E-state index >= 15 is 0 Å². The van der Waals surface area contributed by atoms with Crippen LogP contribution >= 0.6 is 23.2 Å². The van der Waals surface area contributed by atoms with Crippen LogP contribution in [0.2, 0.25) is 0 Å². The van der Waals surface area contributed by atoms with Crippen LogP contribution in [-0.2, 0) is 0 Å². The SMILES string of the molecule is C[N+]1(C)CC=C(Cl)N=C1Cl. The fourth-order valence-electron chi connectivity index (χ4n) is 0.648. The van der Waals surface area contributed by atoms with Crippen LogP contribution < -0.4 is 0 Å². The van der Waals surface area contributed by atoms with Gasteiger partial charge in [0.25, 0.3) is 0 Å². The maximum Gasteiger partial charge on any atom is 0.301 e. The van der Waals surface area contributed by atoms with E-state index in [1.807, 2.05) is 20.2 Å². The van der Waals surface area contributed by atoms with Crippen molar-refractivity contribution < 1.29 is 4.48 Å². The lowest BCUT2D eigenvalue weighted by atomic mass is 10.4. The summed E-state index contributed by atoms with van der Waals surface area (Å²) in [5.41, 5.74) is 0. The third-order valence-corrected chi connectivity index (χ3v) is 2.20. The molecule has 0 aromatic rings. The highest BCUT2D eigenvalue weighted by atomic mass is 35.5. The lowest BCUT2D eigenvalue weighted by Crippen LogP contribution is -2.44. The summed E-state index contributed by atoms with van der Waals surface area (Å²) in [4.78, 5) is 3.92. The smallest absolute Gasteiger partial charge is 0.265 e. The Morgan fingerprint density at radius 1 is 1.50 bits per heavy atom. The summed E-state index contributed by atoms with van der Waals surface area (Å²) in [6, 6.07) is 0. The molecule has 4 heteroatoms. The first-order valence-corrected chi connectivity index (χ1v) is 3.71. The van der Waals surface area contributed by atoms with Crippen LogP contribution in [0.1, 0.15) is 0 Å². The molecular formula is C6H9Cl2N2+. The van der Waals surface area contributed by atoms with E-state index in [0.717, 1.165) is 6.54 Å². The summed E-state index contributed by atoms with van der Waals surface area (Å²) in [6.45, 7) is 0.807. The maximum absolute atomic E-state index is 5.80. The molecule has 56 valence electrons. The normalized spacial score (nSPS) is 23.6. The molecule has 1 aliphatic heterocycles. The quantitative estimate of drug-likeness (QED) is 0.397. The summed E-state index contributed by atoms with van der Waals surface area (Å²) in [5, 5.41) is 1.02. The van der Waals surface area contributed by atoms with Gasteiger partial charge in [-0.3, -0.25) is 4.48 Å². The molecule has 1 heterocycles. The van der Waals surface area contributed by atoms with Crippen LogP contribution in [0.25, 0.3) is 0 Å². The number of hydrogen-bond acceptors (Lipinski definition) is 1. The van der Waals surface area contributed by atoms with Crippen LogP contribution in [0.4, 0.5) is 0 Å². The van der Waals surface area contributed by atoms with Crippen molar-refractivity contribution in [3.8, 4) is 0 Å². The molecule has 0 fully saturated rings. The van der Waals surface area contributed by atoms with E-state index in [1.54, 1.807) is 0 Å². The summed E-state index contributed by atoms with van der Waals surface area (Å²) >= 11 is 11.4. The number of nitrogens with zero attached hydrogens (tertiary/aromatic N) is 2. The van der Waals surface area contributed by atoms with Crippen molar-refractivity contribution in [1.29, 1.82) is 0 Å². The highest BCUT2D eigenvalue weighted by molar-refractivity contribution is 6.63. The van der Waals surface area contributed by atoms with Gasteiger partial charge in [0.15, 0.2) is 0 Å². The molecule has 0 spiro atoms. The Bertz CT molecular complexity index is 206. The Morgan fingerprint density at radius 2 is 2.10 bits per heavy atom. The highest BCUT2D eigenvalue weighted by Gasteiger charge is 2.24. The molecule has 0 saturated carbocycles. The highest BCUT2D eigenvalue weighted by Crippen LogP contribution is 2.16. The van der Waals surface area contributed by atoms with Crippen molar-refractivity contribution in [2.75, 3.05) is 20.6 Å². The fraction of sp³-hybridized carbons (Fsp3) is 0.500. The van der Waals surface area contributed by atoms with Crippen molar-refractivity contribution >= 4 is 28.5 Å². The van der Waals surface area contributed by atoms with Gasteiger partial charge >= 0.3 is 5.29 Å². The second-order valence-corrected chi connectivity index (χ2v) is 3.50. The van der Waals surface area contributed by atoms with Gasteiger partial charge in [-0.1, -0.05) is 11.6 Å². The van der Waals surface area contributed by atoms with Crippen molar-refractivity contribution in [2.45, 2.75) is 0 Å². The summed E-state index contributed by atoms with van der Waals surface area (Å²) < 4.78 is 0.581. The lowest BCUT2D eigenvalue weighted by molar-refractivity contribution is -0.790. The van der Waals surface area contributed by atoms with Crippen molar-refractivity contribution in [3.63, 3.8) is 0 Å². The molecule has 0 radical (unpaired) electrons. The molecule has 0 atom stereocenters. The molecule has 0 saturated heterocycles. The molecule has 10 heavy (non-hydrogen) atoms. The van der Waals surface area contributed by atoms with Crippen molar-refractivity contribution in [2.24, 2.45) is 4.99 Å². The zero-order chi connectivity index (χ0) is 7.78. The topological polar surface area (TPSA) is 12.4 Å². The van der Waals surface area contributed by atoms with Gasteiger partial charge in [0, 0.05) is 17.7 Å². The molecule has 0 unspecified atom stereocenters. The fourth-order valence-corrected chi connectivity index (χ4v) is 1.00. The number of likely N-dealkylation sites (N-methyl/N-ethyl adjacent to an activating group) is 1. The molecule has 2 nitrogen and oxygen atoms in total. The minimum absolute atomic E-state index is 0.488. The third-order valence-electron chi connectivity index (χ3n) is 1.41. The van der Waals surface area contributed by atoms with E-state index in [1.165, 1.54) is 0 Å². The Hall–Kier alpha value is -0.0500. The molecule has 0 aliphatic carbocycles. The van der Waals surface area contributed by atoms with Gasteiger partial charge in [-0.2, -0.15) is 4.99 Å². The predicted molar refractivity (Wildman–Crippen MR) is 44.2 cm³/mol. The first-order chi connectivity index (χ1) is 4.52. The average molecular weight is 180 g/mol. The molecule has 0 amide bonds. The van der Waals surface area contributed by atoms with Gasteiger partial charge in [0.05, 0.1) is 14.1 Å². The number of halogens is 2. The number of aliphatic imine (C=N–C) groups is 1. The summed E-state index contributed by atoms with van der Waals surface area (Å²) in [5.74, 6) is 0. The first kappa shape index (κ1) is 8.05. The zero-order valence-electron chi connectivity index (χ0n) is 5.93. The van der Waals surface area contributed by atoms with Gasteiger partial charge in [-0.25, -0.2) is 0 Å². The molecule has 1 aliphatic rings. The summed E-state index contributed by atoms with van der Waals surface area (Å²) in [7, 11) is 3.96. The van der Waals surface area contributed by atoms with Crippen molar-refractivity contribution in [1.82, 2.24) is 0 Å². The molecule has 0 aromatic carbocycles. The van der Waals surface area contributed by atoms with Crippen LogP contribution in [-0.4, -0.2) is 30.4 Å². The first-order valence-electron chi connectivity index (χ1n) is 2.96. The molecule has 0 aromatic heterocycles. The third kappa shape index (κ3) is 1.51. The van der Waals surface area contributed by atoms with E-state index in [9.17, 15) is 0 Å². The Balaban J connectivity index is 2.88. The monoisotopic (exact) mass is 179 g/mol. The Kier molecular flexibility index (Phi) is 2.04. The standard InChI is InChI=1S/C6H9Cl2N2/c1-10(2)4-3-5(7)9-6(10)8/h3H,4H2,1-2H3/q+1. The second kappa shape index (κ2) is 2.53. The molecule has 0 N–H and O–H groups in total. The van der Waals surface area contributed by atoms with E-state index in [4.69, 9.17) is 23.2 Å². The van der Waals surface area contributed by atoms with Crippen LogP contribution in [0.15, 0.2) is 16.2 Å². The van der Waals surface area contributed by atoms with Gasteiger partial charge in [-0.15, -0.1) is 0 Å². The molecule has 0 bridgehead atoms. The van der Waals surface area contributed by atoms with Crippen LogP contribution in [0.3, 0.4) is 0 Å².